The van der Waals surface area contributed by atoms with Gasteiger partial charge in [-0.25, -0.2) is 4.98 Å². The first-order chi connectivity index (χ1) is 11.0. The first-order valence-corrected chi connectivity index (χ1v) is 7.58. The zero-order chi connectivity index (χ0) is 16.7. The van der Waals surface area contributed by atoms with Crippen LogP contribution in [0.4, 0.5) is 5.82 Å². The van der Waals surface area contributed by atoms with Crippen LogP contribution in [0.15, 0.2) is 42.6 Å². The highest BCUT2D eigenvalue weighted by molar-refractivity contribution is 5.90. The third-order valence-corrected chi connectivity index (χ3v) is 3.47. The minimum Gasteiger partial charge on any atom is -0.355 e. The van der Waals surface area contributed by atoms with Crippen LogP contribution in [0.2, 0.25) is 0 Å². The zero-order valence-corrected chi connectivity index (χ0v) is 13.4. The van der Waals surface area contributed by atoms with Gasteiger partial charge in [-0.1, -0.05) is 30.3 Å². The van der Waals surface area contributed by atoms with Crippen LogP contribution in [0.3, 0.4) is 0 Å². The third-order valence-electron chi connectivity index (χ3n) is 3.47. The average Bonchev–Trinajstić information content (AvgIpc) is 2.52. The summed E-state index contributed by atoms with van der Waals surface area (Å²) in [4.78, 5) is 27.8. The van der Waals surface area contributed by atoms with E-state index in [0.29, 0.717) is 18.8 Å². The fraction of sp³-hybridized carbons (Fsp3) is 0.278. The fourth-order valence-electron chi connectivity index (χ4n) is 2.11. The van der Waals surface area contributed by atoms with Gasteiger partial charge in [0.2, 0.25) is 11.8 Å². The number of nitrogens with one attached hydrogen (secondary N) is 2. The van der Waals surface area contributed by atoms with Crippen molar-refractivity contribution in [2.45, 2.75) is 26.7 Å². The number of hydrogen-bond acceptors (Lipinski definition) is 3. The van der Waals surface area contributed by atoms with E-state index in [9.17, 15) is 9.59 Å². The molecule has 23 heavy (non-hydrogen) atoms. The Morgan fingerprint density at radius 1 is 1.04 bits per heavy atom. The SMILES string of the molecule is Cc1ccc(NC(=O)CCNC(=O)Cc2ccccc2C)nc1. The van der Waals surface area contributed by atoms with Crippen LogP contribution in [0.5, 0.6) is 0 Å². The standard InChI is InChI=1S/C18H21N3O2/c1-13-7-8-16(20-12-13)21-17(22)9-10-19-18(23)11-15-6-4-3-5-14(15)2/h3-8,12H,9-11H2,1-2H3,(H,19,23)(H,20,21,22). The molecule has 0 aliphatic carbocycles. The van der Waals surface area contributed by atoms with Crippen molar-refractivity contribution in [1.82, 2.24) is 10.3 Å². The van der Waals surface area contributed by atoms with Gasteiger partial charge in [0.25, 0.3) is 0 Å². The summed E-state index contributed by atoms with van der Waals surface area (Å²) in [6, 6.07) is 11.4. The summed E-state index contributed by atoms with van der Waals surface area (Å²) in [5, 5.41) is 5.46. The van der Waals surface area contributed by atoms with Gasteiger partial charge in [0.1, 0.15) is 5.82 Å². The number of benzene rings is 1. The second kappa shape index (κ2) is 8.08. The van der Waals surface area contributed by atoms with Crippen LogP contribution >= 0.6 is 0 Å². The fourth-order valence-corrected chi connectivity index (χ4v) is 2.11. The van der Waals surface area contributed by atoms with E-state index in [1.165, 1.54) is 0 Å². The summed E-state index contributed by atoms with van der Waals surface area (Å²) >= 11 is 0. The quantitative estimate of drug-likeness (QED) is 0.860. The molecule has 2 N–H and O–H groups in total. The molecule has 0 atom stereocenters. The summed E-state index contributed by atoms with van der Waals surface area (Å²) in [6.07, 6.45) is 2.24. The van der Waals surface area contributed by atoms with Crippen molar-refractivity contribution in [3.05, 3.63) is 59.3 Å². The largest absolute Gasteiger partial charge is 0.355 e. The summed E-state index contributed by atoms with van der Waals surface area (Å²) in [7, 11) is 0. The van der Waals surface area contributed by atoms with Crippen molar-refractivity contribution in [2.75, 3.05) is 11.9 Å². The molecule has 2 amide bonds. The van der Waals surface area contributed by atoms with E-state index < -0.39 is 0 Å². The van der Waals surface area contributed by atoms with Crippen LogP contribution in [0, 0.1) is 13.8 Å². The number of amides is 2. The number of hydrogen-bond donors (Lipinski definition) is 2. The molecule has 0 unspecified atom stereocenters. The average molecular weight is 311 g/mol. The third kappa shape index (κ3) is 5.54. The Hall–Kier alpha value is -2.69. The Bertz CT molecular complexity index is 681. The van der Waals surface area contributed by atoms with Gasteiger partial charge in [-0.15, -0.1) is 0 Å². The maximum Gasteiger partial charge on any atom is 0.227 e. The molecule has 0 fully saturated rings. The van der Waals surface area contributed by atoms with Gasteiger partial charge in [-0.3, -0.25) is 9.59 Å². The molecule has 2 rings (SSSR count). The highest BCUT2D eigenvalue weighted by atomic mass is 16.2. The van der Waals surface area contributed by atoms with E-state index in [1.807, 2.05) is 44.2 Å². The molecule has 0 saturated heterocycles. The molecule has 0 spiro atoms. The lowest BCUT2D eigenvalue weighted by atomic mass is 10.1. The predicted molar refractivity (Wildman–Crippen MR) is 90.1 cm³/mol. The normalized spacial score (nSPS) is 10.2. The van der Waals surface area contributed by atoms with E-state index in [-0.39, 0.29) is 18.2 Å². The Balaban J connectivity index is 1.72. The number of anilines is 1. The number of pyridine rings is 1. The maximum absolute atomic E-state index is 11.9. The molecule has 0 saturated carbocycles. The molecule has 1 aromatic heterocycles. The smallest absolute Gasteiger partial charge is 0.227 e. The van der Waals surface area contributed by atoms with Crippen molar-refractivity contribution < 1.29 is 9.59 Å². The number of carbonyl (C=O) groups is 2. The molecule has 5 nitrogen and oxygen atoms in total. The van der Waals surface area contributed by atoms with Crippen LogP contribution in [-0.2, 0) is 16.0 Å². The Labute approximate surface area is 136 Å². The topological polar surface area (TPSA) is 71.1 Å². The van der Waals surface area contributed by atoms with Crippen LogP contribution in [0.1, 0.15) is 23.1 Å². The molecule has 5 heteroatoms. The molecule has 1 heterocycles. The number of nitrogens with zero attached hydrogens (tertiary/aromatic N) is 1. The lowest BCUT2D eigenvalue weighted by Gasteiger charge is -2.08. The van der Waals surface area contributed by atoms with Crippen LogP contribution in [0.25, 0.3) is 0 Å². The van der Waals surface area contributed by atoms with Gasteiger partial charge >= 0.3 is 0 Å². The minimum absolute atomic E-state index is 0.0828. The second-order valence-corrected chi connectivity index (χ2v) is 5.47. The van der Waals surface area contributed by atoms with Gasteiger partial charge in [0.15, 0.2) is 0 Å². The monoisotopic (exact) mass is 311 g/mol. The first kappa shape index (κ1) is 16.7. The lowest BCUT2D eigenvalue weighted by molar-refractivity contribution is -0.120. The molecule has 1 aromatic carbocycles. The lowest BCUT2D eigenvalue weighted by Crippen LogP contribution is -2.29. The Morgan fingerprint density at radius 2 is 1.83 bits per heavy atom. The highest BCUT2D eigenvalue weighted by Crippen LogP contribution is 2.07. The van der Waals surface area contributed by atoms with Gasteiger partial charge < -0.3 is 10.6 Å². The molecular formula is C18H21N3O2. The van der Waals surface area contributed by atoms with Crippen molar-refractivity contribution in [1.29, 1.82) is 0 Å². The predicted octanol–water partition coefficient (Wildman–Crippen LogP) is 2.39. The summed E-state index contributed by atoms with van der Waals surface area (Å²) in [5.41, 5.74) is 3.12. The van der Waals surface area contributed by atoms with Crippen molar-refractivity contribution in [3.8, 4) is 0 Å². The summed E-state index contributed by atoms with van der Waals surface area (Å²) < 4.78 is 0. The minimum atomic E-state index is -0.169. The highest BCUT2D eigenvalue weighted by Gasteiger charge is 2.07. The molecule has 0 aliphatic rings. The van der Waals surface area contributed by atoms with E-state index in [0.717, 1.165) is 16.7 Å². The van der Waals surface area contributed by atoms with Gasteiger partial charge in [0.05, 0.1) is 6.42 Å². The van der Waals surface area contributed by atoms with E-state index >= 15 is 0 Å². The van der Waals surface area contributed by atoms with Crippen LogP contribution in [-0.4, -0.2) is 23.3 Å². The molecular weight excluding hydrogens is 290 g/mol. The number of aryl methyl sites for hydroxylation is 2. The van der Waals surface area contributed by atoms with E-state index in [1.54, 1.807) is 12.3 Å². The Kier molecular flexibility index (Phi) is 5.86. The van der Waals surface area contributed by atoms with E-state index in [4.69, 9.17) is 0 Å². The molecule has 0 aliphatic heterocycles. The van der Waals surface area contributed by atoms with Crippen molar-refractivity contribution >= 4 is 17.6 Å². The number of carbonyl (C=O) groups excluding carboxylic acids is 2. The Morgan fingerprint density at radius 3 is 2.52 bits per heavy atom. The van der Waals surface area contributed by atoms with Crippen molar-refractivity contribution in [3.63, 3.8) is 0 Å². The first-order valence-electron chi connectivity index (χ1n) is 7.58. The zero-order valence-electron chi connectivity index (χ0n) is 13.4. The van der Waals surface area contributed by atoms with Gasteiger partial charge in [-0.2, -0.15) is 0 Å². The number of aromatic nitrogens is 1. The molecule has 0 bridgehead atoms. The summed E-state index contributed by atoms with van der Waals surface area (Å²) in [5.74, 6) is 0.268. The second-order valence-electron chi connectivity index (χ2n) is 5.47. The van der Waals surface area contributed by atoms with Gasteiger partial charge in [0, 0.05) is 19.2 Å². The number of rotatable bonds is 6. The van der Waals surface area contributed by atoms with E-state index in [2.05, 4.69) is 15.6 Å². The molecule has 2 aromatic rings. The van der Waals surface area contributed by atoms with Crippen molar-refractivity contribution in [2.24, 2.45) is 0 Å². The van der Waals surface area contributed by atoms with Crippen LogP contribution < -0.4 is 10.6 Å². The summed E-state index contributed by atoms with van der Waals surface area (Å²) in [6.45, 7) is 4.22. The van der Waals surface area contributed by atoms with Gasteiger partial charge in [-0.05, 0) is 36.6 Å². The molecule has 120 valence electrons. The maximum atomic E-state index is 11.9. The molecule has 0 radical (unpaired) electrons.